The van der Waals surface area contributed by atoms with Gasteiger partial charge in [-0.25, -0.2) is 0 Å². The number of likely N-dealkylation sites (tertiary alicyclic amines) is 1. The van der Waals surface area contributed by atoms with Gasteiger partial charge in [0.05, 0.1) is 5.92 Å². The number of hydrogen-bond acceptors (Lipinski definition) is 5. The molecule has 0 saturated carbocycles. The molecule has 0 aromatic carbocycles. The molecule has 0 bridgehead atoms. The van der Waals surface area contributed by atoms with Crippen molar-refractivity contribution >= 4 is 27.5 Å². The summed E-state index contributed by atoms with van der Waals surface area (Å²) in [5, 5.41) is 0. The highest BCUT2D eigenvalue weighted by Crippen LogP contribution is 2.23. The molecule has 1 aliphatic rings. The molecule has 0 aliphatic carbocycles. The van der Waals surface area contributed by atoms with Crippen LogP contribution < -0.4 is 11.5 Å². The van der Waals surface area contributed by atoms with Crippen molar-refractivity contribution in [3.8, 4) is 0 Å². The number of amides is 1. The first-order valence-electron chi connectivity index (χ1n) is 6.70. The van der Waals surface area contributed by atoms with Gasteiger partial charge in [0.2, 0.25) is 5.91 Å². The molecule has 4 nitrogen and oxygen atoms in total. The topological polar surface area (TPSA) is 72.3 Å². The van der Waals surface area contributed by atoms with E-state index in [9.17, 15) is 4.79 Å². The van der Waals surface area contributed by atoms with E-state index >= 15 is 0 Å². The summed E-state index contributed by atoms with van der Waals surface area (Å²) >= 11 is 0. The summed E-state index contributed by atoms with van der Waals surface area (Å²) in [7, 11) is 3.57. The Morgan fingerprint density at radius 1 is 1.17 bits per heavy atom. The molecule has 106 valence electrons. The summed E-state index contributed by atoms with van der Waals surface area (Å²) in [5.41, 5.74) is 10.9. The van der Waals surface area contributed by atoms with Gasteiger partial charge in [0.15, 0.2) is 0 Å². The molecule has 1 aliphatic heterocycles. The maximum atomic E-state index is 11.5. The van der Waals surface area contributed by atoms with Gasteiger partial charge in [0, 0.05) is 24.6 Å². The Balaban J connectivity index is 2.19. The van der Waals surface area contributed by atoms with Crippen LogP contribution in [0.3, 0.4) is 0 Å². The van der Waals surface area contributed by atoms with Crippen molar-refractivity contribution in [3.63, 3.8) is 0 Å². The third-order valence-electron chi connectivity index (χ3n) is 3.16. The van der Waals surface area contributed by atoms with Crippen molar-refractivity contribution in [3.05, 3.63) is 0 Å². The van der Waals surface area contributed by atoms with Crippen LogP contribution in [-0.2, 0) is 4.79 Å². The smallest absolute Gasteiger partial charge is 0.221 e. The van der Waals surface area contributed by atoms with Crippen LogP contribution in [0.15, 0.2) is 0 Å². The van der Waals surface area contributed by atoms with E-state index in [1.54, 1.807) is 21.6 Å². The third-order valence-corrected chi connectivity index (χ3v) is 5.64. The van der Waals surface area contributed by atoms with Gasteiger partial charge in [-0.3, -0.25) is 4.79 Å². The first-order chi connectivity index (χ1) is 8.74. The van der Waals surface area contributed by atoms with Gasteiger partial charge in [0.25, 0.3) is 0 Å². The zero-order valence-corrected chi connectivity index (χ0v) is 12.6. The summed E-state index contributed by atoms with van der Waals surface area (Å²) in [6, 6.07) is 0. The van der Waals surface area contributed by atoms with E-state index in [1.807, 2.05) is 0 Å². The van der Waals surface area contributed by atoms with Gasteiger partial charge in [0.1, 0.15) is 0 Å². The van der Waals surface area contributed by atoms with Gasteiger partial charge < -0.3 is 16.4 Å². The molecule has 1 amide bonds. The summed E-state index contributed by atoms with van der Waals surface area (Å²) in [5.74, 6) is 1.81. The number of primary amides is 1. The molecule has 0 aromatic heterocycles. The minimum absolute atomic E-state index is 0.00840. The lowest BCUT2D eigenvalue weighted by Gasteiger charge is -2.29. The molecule has 0 spiro atoms. The molecule has 6 heteroatoms. The highest BCUT2D eigenvalue weighted by molar-refractivity contribution is 8.76. The molecule has 4 N–H and O–H groups in total. The van der Waals surface area contributed by atoms with Gasteiger partial charge >= 0.3 is 0 Å². The molecule has 1 rings (SSSR count). The van der Waals surface area contributed by atoms with E-state index in [0.717, 1.165) is 37.6 Å². The maximum Gasteiger partial charge on any atom is 0.221 e. The van der Waals surface area contributed by atoms with Crippen LogP contribution in [0, 0.1) is 5.92 Å². The van der Waals surface area contributed by atoms with Crippen LogP contribution in [0.5, 0.6) is 0 Å². The van der Waals surface area contributed by atoms with Crippen LogP contribution in [0.4, 0.5) is 0 Å². The van der Waals surface area contributed by atoms with Crippen LogP contribution in [0.2, 0.25) is 0 Å². The highest BCUT2D eigenvalue weighted by Gasteiger charge is 2.20. The predicted octanol–water partition coefficient (Wildman–Crippen LogP) is 1.30. The maximum absolute atomic E-state index is 11.5. The Morgan fingerprint density at radius 3 is 2.44 bits per heavy atom. The van der Waals surface area contributed by atoms with Crippen LogP contribution in [0.1, 0.15) is 25.7 Å². The molecule has 1 saturated heterocycles. The second kappa shape index (κ2) is 9.95. The lowest BCUT2D eigenvalue weighted by Crippen LogP contribution is -2.39. The summed E-state index contributed by atoms with van der Waals surface area (Å²) < 4.78 is 0. The van der Waals surface area contributed by atoms with Gasteiger partial charge in [-0.1, -0.05) is 28.0 Å². The van der Waals surface area contributed by atoms with Gasteiger partial charge in [-0.15, -0.1) is 0 Å². The van der Waals surface area contributed by atoms with E-state index in [1.165, 1.54) is 19.3 Å². The second-order valence-corrected chi connectivity index (χ2v) is 7.38. The largest absolute Gasteiger partial charge is 0.369 e. The number of hydrogen-bond donors (Lipinski definition) is 2. The second-order valence-electron chi connectivity index (χ2n) is 4.68. The molecular weight excluding hydrogens is 266 g/mol. The molecular formula is C12H25N3OS2. The number of rotatable bonds is 9. The molecule has 1 fully saturated rings. The van der Waals surface area contributed by atoms with E-state index in [-0.39, 0.29) is 11.8 Å². The molecule has 0 radical (unpaired) electrons. The molecule has 1 heterocycles. The Hall–Kier alpha value is 0.0900. The number of carbonyl (C=O) groups excluding carboxylic acids is 1. The minimum Gasteiger partial charge on any atom is -0.369 e. The number of nitrogens with two attached hydrogens (primary N) is 2. The van der Waals surface area contributed by atoms with Crippen molar-refractivity contribution in [2.75, 3.05) is 37.7 Å². The van der Waals surface area contributed by atoms with Crippen LogP contribution in [0.25, 0.3) is 0 Å². The van der Waals surface area contributed by atoms with Crippen LogP contribution in [-0.4, -0.2) is 48.5 Å². The van der Waals surface area contributed by atoms with Crippen molar-refractivity contribution < 1.29 is 4.79 Å². The van der Waals surface area contributed by atoms with Crippen molar-refractivity contribution in [2.45, 2.75) is 25.7 Å². The molecule has 1 atom stereocenters. The average molecular weight is 291 g/mol. The summed E-state index contributed by atoms with van der Waals surface area (Å²) in [6.07, 6.45) is 4.72. The fraction of sp³-hybridized carbons (Fsp3) is 0.917. The van der Waals surface area contributed by atoms with E-state index in [2.05, 4.69) is 4.90 Å². The average Bonchev–Trinajstić information content (AvgIpc) is 2.38. The quantitative estimate of drug-likeness (QED) is 0.495. The van der Waals surface area contributed by atoms with Gasteiger partial charge in [-0.05, 0) is 32.4 Å². The molecule has 0 aromatic rings. The zero-order chi connectivity index (χ0) is 13.2. The van der Waals surface area contributed by atoms with E-state index in [0.29, 0.717) is 6.54 Å². The Bertz CT molecular complexity index is 235. The standard InChI is InChI=1S/C12H25N3OS2/c13-5-9-18-17-8-4-11(12(14)16)10-15-6-2-1-3-7-15/h11H,1-10,13H2,(H2,14,16). The predicted molar refractivity (Wildman–Crippen MR) is 81.6 cm³/mol. The Labute approximate surface area is 118 Å². The first kappa shape index (κ1) is 16.1. The number of nitrogens with zero attached hydrogens (tertiary/aromatic N) is 1. The van der Waals surface area contributed by atoms with E-state index < -0.39 is 0 Å². The minimum atomic E-state index is -0.148. The fourth-order valence-electron chi connectivity index (χ4n) is 2.13. The van der Waals surface area contributed by atoms with Crippen molar-refractivity contribution in [2.24, 2.45) is 17.4 Å². The lowest BCUT2D eigenvalue weighted by atomic mass is 10.0. The number of carbonyl (C=O) groups is 1. The zero-order valence-electron chi connectivity index (χ0n) is 11.0. The molecule has 1 unspecified atom stereocenters. The van der Waals surface area contributed by atoms with Crippen LogP contribution >= 0.6 is 21.6 Å². The van der Waals surface area contributed by atoms with Crippen molar-refractivity contribution in [1.29, 1.82) is 0 Å². The third kappa shape index (κ3) is 6.87. The number of piperidine rings is 1. The lowest BCUT2D eigenvalue weighted by molar-refractivity contribution is -0.122. The fourth-order valence-corrected chi connectivity index (χ4v) is 4.13. The van der Waals surface area contributed by atoms with Crippen molar-refractivity contribution in [1.82, 2.24) is 4.90 Å². The Morgan fingerprint density at radius 2 is 1.83 bits per heavy atom. The summed E-state index contributed by atoms with van der Waals surface area (Å²) in [6.45, 7) is 3.81. The SMILES string of the molecule is NCCSSCCC(CN1CCCCC1)C(N)=O. The normalized spacial score (nSPS) is 18.7. The summed E-state index contributed by atoms with van der Waals surface area (Å²) in [4.78, 5) is 13.8. The Kier molecular flexibility index (Phi) is 8.92. The highest BCUT2D eigenvalue weighted by atomic mass is 33.1. The van der Waals surface area contributed by atoms with Gasteiger partial charge in [-0.2, -0.15) is 0 Å². The molecule has 18 heavy (non-hydrogen) atoms. The monoisotopic (exact) mass is 291 g/mol. The van der Waals surface area contributed by atoms with E-state index in [4.69, 9.17) is 11.5 Å². The first-order valence-corrected chi connectivity index (χ1v) is 9.19.